The van der Waals surface area contributed by atoms with E-state index in [0.29, 0.717) is 5.75 Å². The lowest BCUT2D eigenvalue weighted by Gasteiger charge is -2.22. The molecule has 162 valence electrons. The standard InChI is InChI=1S/C27H26N2O3/c1-27(2,26(30)31)32-25-14-7-13-22-21(25)15-18-28(22)16-8-17-29-23-11-5-3-9-19(23)20-10-4-6-12-24(20)29/h3-7,9-15,18H,8,16-17H2,1-2H3,(H,30,31). The van der Waals surface area contributed by atoms with E-state index in [0.717, 1.165) is 30.4 Å². The maximum absolute atomic E-state index is 11.5. The molecule has 0 bridgehead atoms. The van der Waals surface area contributed by atoms with Gasteiger partial charge in [0.05, 0.1) is 5.52 Å². The number of aryl methyl sites for hydroxylation is 2. The van der Waals surface area contributed by atoms with Crippen molar-refractivity contribution in [1.29, 1.82) is 0 Å². The minimum absolute atomic E-state index is 0.594. The van der Waals surface area contributed by atoms with Crippen molar-refractivity contribution in [1.82, 2.24) is 9.13 Å². The first kappa shape index (κ1) is 20.2. The van der Waals surface area contributed by atoms with E-state index < -0.39 is 11.6 Å². The molecular weight excluding hydrogens is 400 g/mol. The van der Waals surface area contributed by atoms with Crippen molar-refractivity contribution in [3.63, 3.8) is 0 Å². The minimum atomic E-state index is -1.28. The number of aliphatic carboxylic acids is 1. The highest BCUT2D eigenvalue weighted by molar-refractivity contribution is 6.07. The number of para-hydroxylation sites is 2. The lowest BCUT2D eigenvalue weighted by atomic mass is 10.1. The third kappa shape index (κ3) is 3.40. The fourth-order valence-electron chi connectivity index (χ4n) is 4.44. The van der Waals surface area contributed by atoms with Gasteiger partial charge in [-0.2, -0.15) is 0 Å². The number of benzene rings is 3. The Morgan fingerprint density at radius 2 is 1.44 bits per heavy atom. The molecule has 0 unspecified atom stereocenters. The number of nitrogens with zero attached hydrogens (tertiary/aromatic N) is 2. The number of carbonyl (C=O) groups is 1. The van der Waals surface area contributed by atoms with Gasteiger partial charge in [0.15, 0.2) is 5.60 Å². The lowest BCUT2D eigenvalue weighted by molar-refractivity contribution is -0.152. The predicted molar refractivity (Wildman–Crippen MR) is 128 cm³/mol. The molecule has 32 heavy (non-hydrogen) atoms. The average molecular weight is 427 g/mol. The van der Waals surface area contributed by atoms with Crippen LogP contribution in [0.15, 0.2) is 79.0 Å². The van der Waals surface area contributed by atoms with Gasteiger partial charge in [0, 0.05) is 46.5 Å². The van der Waals surface area contributed by atoms with Crippen LogP contribution in [-0.4, -0.2) is 25.8 Å². The van der Waals surface area contributed by atoms with Gasteiger partial charge in [-0.15, -0.1) is 0 Å². The molecule has 0 saturated carbocycles. The number of hydrogen-bond donors (Lipinski definition) is 1. The third-order valence-corrected chi connectivity index (χ3v) is 6.11. The monoisotopic (exact) mass is 426 g/mol. The molecule has 3 aromatic carbocycles. The van der Waals surface area contributed by atoms with Crippen molar-refractivity contribution in [2.24, 2.45) is 0 Å². The maximum Gasteiger partial charge on any atom is 0.347 e. The van der Waals surface area contributed by atoms with Crippen LogP contribution in [0, 0.1) is 0 Å². The molecule has 0 atom stereocenters. The Morgan fingerprint density at radius 1 is 0.812 bits per heavy atom. The second-order valence-corrected chi connectivity index (χ2v) is 8.66. The van der Waals surface area contributed by atoms with E-state index in [9.17, 15) is 9.90 Å². The van der Waals surface area contributed by atoms with Gasteiger partial charge < -0.3 is 19.0 Å². The topological polar surface area (TPSA) is 56.4 Å². The SMILES string of the molecule is CC(C)(Oc1cccc2c1ccn2CCCn1c2ccccc2c2ccccc21)C(=O)O. The van der Waals surface area contributed by atoms with Gasteiger partial charge in [0.2, 0.25) is 0 Å². The van der Waals surface area contributed by atoms with Crippen LogP contribution in [0.25, 0.3) is 32.7 Å². The summed E-state index contributed by atoms with van der Waals surface area (Å²) in [5.74, 6) is -0.392. The zero-order chi connectivity index (χ0) is 22.3. The molecule has 5 aromatic rings. The van der Waals surface area contributed by atoms with Crippen molar-refractivity contribution >= 4 is 38.7 Å². The quantitative estimate of drug-likeness (QED) is 0.343. The Hall–Kier alpha value is -3.73. The number of carboxylic acid groups (broad SMARTS) is 1. The van der Waals surface area contributed by atoms with Gasteiger partial charge in [0.25, 0.3) is 0 Å². The molecule has 0 amide bonds. The van der Waals surface area contributed by atoms with Gasteiger partial charge >= 0.3 is 5.97 Å². The zero-order valence-corrected chi connectivity index (χ0v) is 18.3. The van der Waals surface area contributed by atoms with Crippen molar-refractivity contribution in [3.8, 4) is 5.75 Å². The van der Waals surface area contributed by atoms with Gasteiger partial charge in [-0.05, 0) is 50.6 Å². The largest absolute Gasteiger partial charge is 0.478 e. The second-order valence-electron chi connectivity index (χ2n) is 8.66. The van der Waals surface area contributed by atoms with Crippen molar-refractivity contribution in [2.45, 2.75) is 39.0 Å². The van der Waals surface area contributed by atoms with Crippen LogP contribution in [0.5, 0.6) is 5.75 Å². The molecule has 5 nitrogen and oxygen atoms in total. The summed E-state index contributed by atoms with van der Waals surface area (Å²) in [4.78, 5) is 11.5. The van der Waals surface area contributed by atoms with Gasteiger partial charge in [0.1, 0.15) is 5.75 Å². The zero-order valence-electron chi connectivity index (χ0n) is 18.3. The van der Waals surface area contributed by atoms with Crippen LogP contribution >= 0.6 is 0 Å². The Bertz CT molecular complexity index is 1390. The van der Waals surface area contributed by atoms with E-state index in [-0.39, 0.29) is 0 Å². The molecule has 2 heterocycles. The molecule has 0 saturated heterocycles. The average Bonchev–Trinajstić information content (AvgIpc) is 3.34. The highest BCUT2D eigenvalue weighted by Gasteiger charge is 2.30. The van der Waals surface area contributed by atoms with Crippen LogP contribution in [0.3, 0.4) is 0 Å². The van der Waals surface area contributed by atoms with Crippen LogP contribution in [0.4, 0.5) is 0 Å². The van der Waals surface area contributed by atoms with Crippen molar-refractivity contribution < 1.29 is 14.6 Å². The third-order valence-electron chi connectivity index (χ3n) is 6.11. The number of carboxylic acids is 1. The Morgan fingerprint density at radius 3 is 2.09 bits per heavy atom. The fourth-order valence-corrected chi connectivity index (χ4v) is 4.44. The van der Waals surface area contributed by atoms with Crippen molar-refractivity contribution in [2.75, 3.05) is 0 Å². The van der Waals surface area contributed by atoms with E-state index in [1.165, 1.54) is 21.8 Å². The Kier molecular flexibility index (Phi) is 4.89. The summed E-state index contributed by atoms with van der Waals surface area (Å²) >= 11 is 0. The number of rotatable bonds is 7. The molecule has 0 aliphatic heterocycles. The number of ether oxygens (including phenoxy) is 1. The number of fused-ring (bicyclic) bond motifs is 4. The molecule has 5 heteroatoms. The van der Waals surface area contributed by atoms with E-state index in [2.05, 4.69) is 69.9 Å². The van der Waals surface area contributed by atoms with Gasteiger partial charge in [-0.1, -0.05) is 42.5 Å². The van der Waals surface area contributed by atoms with Crippen LogP contribution in [0.1, 0.15) is 20.3 Å². The van der Waals surface area contributed by atoms with E-state index in [1.807, 2.05) is 18.2 Å². The lowest BCUT2D eigenvalue weighted by Crippen LogP contribution is -2.37. The minimum Gasteiger partial charge on any atom is -0.478 e. The maximum atomic E-state index is 11.5. The fraction of sp³-hybridized carbons (Fsp3) is 0.222. The molecule has 1 N–H and O–H groups in total. The van der Waals surface area contributed by atoms with Crippen LogP contribution < -0.4 is 4.74 Å². The van der Waals surface area contributed by atoms with E-state index in [4.69, 9.17) is 4.74 Å². The van der Waals surface area contributed by atoms with Crippen LogP contribution in [-0.2, 0) is 17.9 Å². The molecule has 0 fully saturated rings. The first-order valence-electron chi connectivity index (χ1n) is 10.9. The van der Waals surface area contributed by atoms with Crippen molar-refractivity contribution in [3.05, 3.63) is 79.0 Å². The molecule has 0 spiro atoms. The Labute approximate surface area is 186 Å². The Balaban J connectivity index is 1.40. The summed E-state index contributed by atoms with van der Waals surface area (Å²) in [6, 6.07) is 24.9. The second kappa shape index (κ2) is 7.75. The normalized spacial score (nSPS) is 12.1. The number of hydrogen-bond acceptors (Lipinski definition) is 2. The smallest absolute Gasteiger partial charge is 0.347 e. The molecule has 2 aromatic heterocycles. The summed E-state index contributed by atoms with van der Waals surface area (Å²) in [5.41, 5.74) is 2.29. The molecular formula is C27H26N2O3. The summed E-state index contributed by atoms with van der Waals surface area (Å²) in [7, 11) is 0. The number of aromatic nitrogens is 2. The highest BCUT2D eigenvalue weighted by Crippen LogP contribution is 2.31. The highest BCUT2D eigenvalue weighted by atomic mass is 16.5. The summed E-state index contributed by atoms with van der Waals surface area (Å²) in [5, 5.41) is 12.9. The molecule has 0 radical (unpaired) electrons. The first-order chi connectivity index (χ1) is 15.5. The van der Waals surface area contributed by atoms with Gasteiger partial charge in [-0.25, -0.2) is 4.79 Å². The molecule has 0 aliphatic carbocycles. The summed E-state index contributed by atoms with van der Waals surface area (Å²) < 4.78 is 10.4. The summed E-state index contributed by atoms with van der Waals surface area (Å²) in [6.45, 7) is 4.90. The molecule has 0 aliphatic rings. The predicted octanol–water partition coefficient (Wildman–Crippen LogP) is 6.08. The molecule has 5 rings (SSSR count). The van der Waals surface area contributed by atoms with Crippen LogP contribution in [0.2, 0.25) is 0 Å². The summed E-state index contributed by atoms with van der Waals surface area (Å²) in [6.07, 6.45) is 3.02. The van der Waals surface area contributed by atoms with Gasteiger partial charge in [-0.3, -0.25) is 0 Å². The van der Waals surface area contributed by atoms with E-state index >= 15 is 0 Å². The first-order valence-corrected chi connectivity index (χ1v) is 10.9. The van der Waals surface area contributed by atoms with E-state index in [1.54, 1.807) is 13.8 Å².